The van der Waals surface area contributed by atoms with Gasteiger partial charge in [0.2, 0.25) is 0 Å². The van der Waals surface area contributed by atoms with Gasteiger partial charge < -0.3 is 14.6 Å². The van der Waals surface area contributed by atoms with Crippen molar-refractivity contribution in [1.29, 1.82) is 0 Å². The zero-order chi connectivity index (χ0) is 14.1. The van der Waals surface area contributed by atoms with Crippen LogP contribution in [-0.2, 0) is 14.3 Å². The first-order chi connectivity index (χ1) is 9.44. The molecule has 2 heterocycles. The quantitative estimate of drug-likeness (QED) is 0.641. The molecule has 20 heavy (non-hydrogen) atoms. The molecule has 0 bridgehead atoms. The molecular weight excluding hydrogens is 303 g/mol. The minimum absolute atomic E-state index is 0.0555. The van der Waals surface area contributed by atoms with Gasteiger partial charge in [0, 0.05) is 0 Å². The van der Waals surface area contributed by atoms with Crippen LogP contribution < -0.4 is 0 Å². The lowest BCUT2D eigenvalue weighted by Gasteiger charge is -2.43. The first kappa shape index (κ1) is 13.6. The van der Waals surface area contributed by atoms with Gasteiger partial charge in [-0.05, 0) is 44.4 Å². The van der Waals surface area contributed by atoms with Crippen molar-refractivity contribution in [1.82, 2.24) is 0 Å². The number of carbonyl (C=O) groups is 1. The maximum absolute atomic E-state index is 12.0. The Hall–Kier alpha value is -0.0300. The molecule has 2 saturated carbocycles. The third kappa shape index (κ3) is 1.84. The summed E-state index contributed by atoms with van der Waals surface area (Å²) in [6, 6.07) is 0. The molecule has 0 aromatic heterocycles. The number of aliphatic carboxylic acids is 1. The van der Waals surface area contributed by atoms with Gasteiger partial charge in [0.05, 0.1) is 18.3 Å². The summed E-state index contributed by atoms with van der Waals surface area (Å²) < 4.78 is 9.68. The smallest absolute Gasteiger partial charge is 0.312 e. The lowest BCUT2D eigenvalue weighted by atomic mass is 9.66. The van der Waals surface area contributed by atoms with Gasteiger partial charge in [0.1, 0.15) is 11.5 Å². The van der Waals surface area contributed by atoms with Crippen molar-refractivity contribution in [3.63, 3.8) is 0 Å². The summed E-state index contributed by atoms with van der Waals surface area (Å²) in [4.78, 5) is 12.0. The Balaban J connectivity index is 1.57. The summed E-state index contributed by atoms with van der Waals surface area (Å²) in [5, 5.41) is 9.81. The standard InChI is InChI=1S/C14H18Cl2O4/c15-14(16)11-9(20-11)3-4-13(14,12(17)18)6-7-1-2-8-10(5-7)19-8/h7-11H,1-6H2,(H,17,18). The fourth-order valence-electron chi connectivity index (χ4n) is 4.25. The van der Waals surface area contributed by atoms with E-state index in [1.54, 1.807) is 0 Å². The van der Waals surface area contributed by atoms with Crippen LogP contribution in [0.15, 0.2) is 0 Å². The van der Waals surface area contributed by atoms with E-state index in [-0.39, 0.29) is 12.2 Å². The number of hydrogen-bond donors (Lipinski definition) is 1. The third-order valence-electron chi connectivity index (χ3n) is 5.59. The average Bonchev–Trinajstić information content (AvgIpc) is 3.24. The monoisotopic (exact) mass is 320 g/mol. The highest BCUT2D eigenvalue weighted by atomic mass is 35.5. The van der Waals surface area contributed by atoms with Crippen molar-refractivity contribution < 1.29 is 19.4 Å². The second-order valence-corrected chi connectivity index (χ2v) is 8.13. The van der Waals surface area contributed by atoms with Crippen molar-refractivity contribution in [3.05, 3.63) is 0 Å². The molecule has 6 heteroatoms. The molecule has 2 aliphatic heterocycles. The number of fused-ring (bicyclic) bond motifs is 2. The summed E-state index contributed by atoms with van der Waals surface area (Å²) in [5.74, 6) is -0.544. The van der Waals surface area contributed by atoms with Gasteiger partial charge in [-0.15, -0.1) is 0 Å². The van der Waals surface area contributed by atoms with Crippen molar-refractivity contribution in [2.24, 2.45) is 11.3 Å². The molecule has 4 fully saturated rings. The molecule has 0 spiro atoms. The number of carboxylic acids is 1. The molecule has 6 atom stereocenters. The van der Waals surface area contributed by atoms with Gasteiger partial charge >= 0.3 is 5.97 Å². The minimum Gasteiger partial charge on any atom is -0.481 e. The highest BCUT2D eigenvalue weighted by molar-refractivity contribution is 6.50. The van der Waals surface area contributed by atoms with E-state index >= 15 is 0 Å². The Kier molecular flexibility index (Phi) is 2.89. The lowest BCUT2D eigenvalue weighted by Crippen LogP contribution is -2.53. The SMILES string of the molecule is O=C(O)C1(CC2CCC3OC3C2)CCC2OC2C1(Cl)Cl. The van der Waals surface area contributed by atoms with Crippen LogP contribution in [-0.4, -0.2) is 39.8 Å². The molecule has 4 rings (SSSR count). The first-order valence-electron chi connectivity index (χ1n) is 7.36. The molecule has 112 valence electrons. The maximum Gasteiger partial charge on any atom is 0.312 e. The third-order valence-corrected chi connectivity index (χ3v) is 6.75. The molecule has 0 radical (unpaired) electrons. The first-order valence-corrected chi connectivity index (χ1v) is 8.12. The van der Waals surface area contributed by atoms with Crippen molar-refractivity contribution >= 4 is 29.2 Å². The number of epoxide rings is 2. The Labute approximate surface area is 127 Å². The summed E-state index contributed by atoms with van der Waals surface area (Å²) >= 11 is 13.0. The predicted octanol–water partition coefficient (Wildman–Crippen LogP) is 2.75. The van der Waals surface area contributed by atoms with Gasteiger partial charge in [-0.2, -0.15) is 0 Å². The number of ether oxygens (including phenoxy) is 2. The second-order valence-electron chi connectivity index (χ2n) is 6.74. The second kappa shape index (κ2) is 4.25. The van der Waals surface area contributed by atoms with E-state index in [4.69, 9.17) is 32.7 Å². The van der Waals surface area contributed by atoms with Crippen LogP contribution in [0, 0.1) is 11.3 Å². The Morgan fingerprint density at radius 2 is 1.95 bits per heavy atom. The molecule has 0 amide bonds. The zero-order valence-corrected chi connectivity index (χ0v) is 12.6. The van der Waals surface area contributed by atoms with Crippen LogP contribution in [0.3, 0.4) is 0 Å². The highest BCUT2D eigenvalue weighted by Crippen LogP contribution is 2.62. The summed E-state index contributed by atoms with van der Waals surface area (Å²) in [6.45, 7) is 0. The van der Waals surface area contributed by atoms with Crippen LogP contribution in [0.5, 0.6) is 0 Å². The molecule has 2 saturated heterocycles. The van der Waals surface area contributed by atoms with E-state index in [2.05, 4.69) is 0 Å². The normalized spacial score (nSPS) is 51.8. The van der Waals surface area contributed by atoms with Crippen LogP contribution in [0.2, 0.25) is 0 Å². The van der Waals surface area contributed by atoms with E-state index in [1.165, 1.54) is 0 Å². The van der Waals surface area contributed by atoms with E-state index in [0.717, 1.165) is 25.7 Å². The predicted molar refractivity (Wildman–Crippen MR) is 73.0 cm³/mol. The van der Waals surface area contributed by atoms with Crippen molar-refractivity contribution in [3.8, 4) is 0 Å². The molecular formula is C14H18Cl2O4. The number of halogens is 2. The molecule has 4 aliphatic rings. The molecule has 1 N–H and O–H groups in total. The Bertz CT molecular complexity index is 454. The average molecular weight is 321 g/mol. The van der Waals surface area contributed by atoms with E-state index in [0.29, 0.717) is 31.0 Å². The Morgan fingerprint density at radius 1 is 1.15 bits per heavy atom. The van der Waals surface area contributed by atoms with Gasteiger partial charge in [0.15, 0.2) is 4.33 Å². The van der Waals surface area contributed by atoms with Gasteiger partial charge in [-0.25, -0.2) is 0 Å². The van der Waals surface area contributed by atoms with Gasteiger partial charge in [-0.1, -0.05) is 23.2 Å². The minimum atomic E-state index is -1.32. The van der Waals surface area contributed by atoms with E-state index in [1.807, 2.05) is 0 Å². The van der Waals surface area contributed by atoms with Crippen LogP contribution >= 0.6 is 23.2 Å². The fourth-order valence-corrected chi connectivity index (χ4v) is 5.14. The van der Waals surface area contributed by atoms with Crippen molar-refractivity contribution in [2.75, 3.05) is 0 Å². The fraction of sp³-hybridized carbons (Fsp3) is 0.929. The number of hydrogen-bond acceptors (Lipinski definition) is 3. The highest BCUT2D eigenvalue weighted by Gasteiger charge is 2.70. The lowest BCUT2D eigenvalue weighted by molar-refractivity contribution is -0.153. The topological polar surface area (TPSA) is 62.4 Å². The molecule has 6 unspecified atom stereocenters. The summed E-state index contributed by atoms with van der Waals surface area (Å²) in [7, 11) is 0. The van der Waals surface area contributed by atoms with Gasteiger partial charge in [0.25, 0.3) is 0 Å². The molecule has 0 aromatic carbocycles. The number of rotatable bonds is 3. The van der Waals surface area contributed by atoms with Crippen LogP contribution in [0.4, 0.5) is 0 Å². The molecule has 4 nitrogen and oxygen atoms in total. The van der Waals surface area contributed by atoms with Gasteiger partial charge in [-0.3, -0.25) is 4.79 Å². The van der Waals surface area contributed by atoms with E-state index in [9.17, 15) is 9.90 Å². The number of alkyl halides is 2. The van der Waals surface area contributed by atoms with Crippen molar-refractivity contribution in [2.45, 2.75) is 67.3 Å². The molecule has 0 aromatic rings. The Morgan fingerprint density at radius 3 is 2.65 bits per heavy atom. The zero-order valence-electron chi connectivity index (χ0n) is 11.1. The summed E-state index contributed by atoms with van der Waals surface area (Å²) in [5.41, 5.74) is -1.08. The molecule has 2 aliphatic carbocycles. The van der Waals surface area contributed by atoms with E-state index < -0.39 is 15.7 Å². The number of carboxylic acid groups (broad SMARTS) is 1. The largest absolute Gasteiger partial charge is 0.481 e. The van der Waals surface area contributed by atoms with Crippen LogP contribution in [0.25, 0.3) is 0 Å². The maximum atomic E-state index is 12.0. The summed E-state index contributed by atoms with van der Waals surface area (Å²) in [6.07, 6.45) is 5.27. The van der Waals surface area contributed by atoms with Crippen LogP contribution in [0.1, 0.15) is 38.5 Å².